The van der Waals surface area contributed by atoms with E-state index in [0.717, 1.165) is 0 Å². The van der Waals surface area contributed by atoms with E-state index in [1.807, 2.05) is 13.8 Å². The summed E-state index contributed by atoms with van der Waals surface area (Å²) in [5, 5.41) is 2.47. The number of benzene rings is 1. The highest BCUT2D eigenvalue weighted by Gasteiger charge is 2.23. The Morgan fingerprint density at radius 2 is 1.71 bits per heavy atom. The first-order valence-corrected chi connectivity index (χ1v) is 10.2. The summed E-state index contributed by atoms with van der Waals surface area (Å²) in [7, 11) is -2.40. The summed E-state index contributed by atoms with van der Waals surface area (Å²) in [5.41, 5.74) is 0.0925. The van der Waals surface area contributed by atoms with E-state index in [1.54, 1.807) is 6.92 Å². The lowest BCUT2D eigenvalue weighted by Crippen LogP contribution is -2.44. The van der Waals surface area contributed by atoms with Gasteiger partial charge in [-0.15, -0.1) is 0 Å². The number of sulfonamides is 1. The second-order valence-electron chi connectivity index (χ2n) is 6.37. The van der Waals surface area contributed by atoms with Gasteiger partial charge in [0.1, 0.15) is 6.04 Å². The molecule has 0 aliphatic rings. The minimum atomic E-state index is -3.62. The van der Waals surface area contributed by atoms with Crippen molar-refractivity contribution in [1.29, 1.82) is 0 Å². The zero-order valence-electron chi connectivity index (χ0n) is 16.4. The van der Waals surface area contributed by atoms with Gasteiger partial charge < -0.3 is 14.8 Å². The molecule has 0 heterocycles. The molecular weight excluding hydrogens is 388 g/mol. The van der Waals surface area contributed by atoms with Crippen LogP contribution < -0.4 is 10.0 Å². The van der Waals surface area contributed by atoms with Crippen LogP contribution in [0.25, 0.3) is 0 Å². The molecule has 0 saturated carbocycles. The van der Waals surface area contributed by atoms with Gasteiger partial charge in [-0.25, -0.2) is 22.7 Å². The number of methoxy groups -OCH3 is 1. The fraction of sp³-hybridized carbons (Fsp3) is 0.500. The average Bonchev–Trinajstić information content (AvgIpc) is 2.64. The molecule has 0 aliphatic carbocycles. The van der Waals surface area contributed by atoms with Crippen molar-refractivity contribution in [2.45, 2.75) is 38.1 Å². The lowest BCUT2D eigenvalue weighted by Gasteiger charge is -2.18. The Morgan fingerprint density at radius 1 is 1.11 bits per heavy atom. The van der Waals surface area contributed by atoms with Crippen molar-refractivity contribution >= 4 is 27.9 Å². The number of hydrogen-bond acceptors (Lipinski definition) is 7. The molecule has 1 atom stereocenters. The maximum atomic E-state index is 12.0. The molecule has 0 fully saturated rings. The van der Waals surface area contributed by atoms with Crippen LogP contribution in [0.5, 0.6) is 0 Å². The molecule has 9 nitrogen and oxygen atoms in total. The number of ether oxygens (including phenoxy) is 2. The quantitative estimate of drug-likeness (QED) is 0.543. The number of rotatable bonds is 10. The van der Waals surface area contributed by atoms with Crippen molar-refractivity contribution < 1.29 is 32.3 Å². The van der Waals surface area contributed by atoms with Gasteiger partial charge >= 0.3 is 11.9 Å². The third-order valence-corrected chi connectivity index (χ3v) is 5.16. The van der Waals surface area contributed by atoms with E-state index < -0.39 is 40.5 Å². The molecule has 1 aromatic rings. The largest absolute Gasteiger partial charge is 0.467 e. The van der Waals surface area contributed by atoms with Crippen LogP contribution in [0.1, 0.15) is 37.6 Å². The fourth-order valence-corrected chi connectivity index (χ4v) is 3.36. The van der Waals surface area contributed by atoms with Gasteiger partial charge in [0.2, 0.25) is 10.0 Å². The van der Waals surface area contributed by atoms with Crippen LogP contribution in [0.4, 0.5) is 0 Å². The molecule has 2 N–H and O–H groups in total. The van der Waals surface area contributed by atoms with Gasteiger partial charge in [-0.3, -0.25) is 4.79 Å². The van der Waals surface area contributed by atoms with Gasteiger partial charge in [0, 0.05) is 6.54 Å². The van der Waals surface area contributed by atoms with Crippen molar-refractivity contribution in [3.05, 3.63) is 29.8 Å². The topological polar surface area (TPSA) is 128 Å². The highest BCUT2D eigenvalue weighted by atomic mass is 32.2. The van der Waals surface area contributed by atoms with E-state index in [1.165, 1.54) is 31.4 Å². The molecule has 28 heavy (non-hydrogen) atoms. The third-order valence-electron chi connectivity index (χ3n) is 3.60. The number of nitrogens with one attached hydrogen (secondary N) is 2. The van der Waals surface area contributed by atoms with Crippen LogP contribution in [0.2, 0.25) is 0 Å². The molecule has 0 spiro atoms. The van der Waals surface area contributed by atoms with Crippen LogP contribution in [-0.2, 0) is 29.1 Å². The first-order valence-electron chi connectivity index (χ1n) is 8.74. The Morgan fingerprint density at radius 3 is 2.21 bits per heavy atom. The number of esters is 2. The molecule has 0 saturated heterocycles. The van der Waals surface area contributed by atoms with E-state index >= 15 is 0 Å². The van der Waals surface area contributed by atoms with Gasteiger partial charge in [-0.1, -0.05) is 20.8 Å². The summed E-state index contributed by atoms with van der Waals surface area (Å²) < 4.78 is 35.6. The fourth-order valence-electron chi connectivity index (χ4n) is 2.32. The summed E-state index contributed by atoms with van der Waals surface area (Å²) in [4.78, 5) is 35.7. The Hall–Kier alpha value is -2.46. The third kappa shape index (κ3) is 7.28. The van der Waals surface area contributed by atoms with Crippen LogP contribution in [0, 0.1) is 5.92 Å². The van der Waals surface area contributed by atoms with Crippen LogP contribution in [0.15, 0.2) is 29.2 Å². The van der Waals surface area contributed by atoms with E-state index in [-0.39, 0.29) is 22.9 Å². The number of hydrogen-bond donors (Lipinski definition) is 2. The second-order valence-corrected chi connectivity index (χ2v) is 8.14. The first kappa shape index (κ1) is 23.6. The highest BCUT2D eigenvalue weighted by Crippen LogP contribution is 2.11. The molecule has 156 valence electrons. The van der Waals surface area contributed by atoms with E-state index in [0.29, 0.717) is 6.42 Å². The van der Waals surface area contributed by atoms with Crippen molar-refractivity contribution in [2.24, 2.45) is 5.92 Å². The standard InChI is InChI=1S/C18H26N2O7S/c1-5-19-28(24,25)14-8-6-13(7-9-14)17(22)27-11-16(21)20-15(10-12(2)3)18(23)26-4/h6-9,12,15,19H,5,10-11H2,1-4H3,(H,20,21)/t15-/m1/s1. The lowest BCUT2D eigenvalue weighted by atomic mass is 10.0. The predicted octanol–water partition coefficient (Wildman–Crippen LogP) is 0.846. The maximum absolute atomic E-state index is 12.0. The molecule has 0 bridgehead atoms. The van der Waals surface area contributed by atoms with Crippen molar-refractivity contribution in [3.63, 3.8) is 0 Å². The lowest BCUT2D eigenvalue weighted by molar-refractivity contribution is -0.145. The van der Waals surface area contributed by atoms with Crippen LogP contribution in [0.3, 0.4) is 0 Å². The monoisotopic (exact) mass is 414 g/mol. The Balaban J connectivity index is 2.65. The molecular formula is C18H26N2O7S. The number of carbonyl (C=O) groups is 3. The minimum absolute atomic E-state index is 0.0123. The van der Waals surface area contributed by atoms with Gasteiger partial charge in [0.25, 0.3) is 5.91 Å². The number of amides is 1. The molecule has 1 amide bonds. The van der Waals surface area contributed by atoms with Gasteiger partial charge in [0.15, 0.2) is 6.61 Å². The summed E-state index contributed by atoms with van der Waals surface area (Å²) in [5.74, 6) is -1.87. The van der Waals surface area contributed by atoms with E-state index in [2.05, 4.69) is 14.8 Å². The van der Waals surface area contributed by atoms with Crippen LogP contribution >= 0.6 is 0 Å². The zero-order valence-corrected chi connectivity index (χ0v) is 17.2. The molecule has 1 rings (SSSR count). The Kier molecular flexibility index (Phi) is 9.07. The number of carbonyl (C=O) groups excluding carboxylic acids is 3. The summed E-state index contributed by atoms with van der Waals surface area (Å²) in [6, 6.07) is 4.29. The van der Waals surface area contributed by atoms with E-state index in [9.17, 15) is 22.8 Å². The average molecular weight is 414 g/mol. The summed E-state index contributed by atoms with van der Waals surface area (Å²) in [6.45, 7) is 5.09. The molecule has 0 unspecified atom stereocenters. The van der Waals surface area contributed by atoms with Crippen LogP contribution in [-0.4, -0.2) is 52.6 Å². The predicted molar refractivity (Wildman–Crippen MR) is 101 cm³/mol. The molecule has 0 aromatic heterocycles. The van der Waals surface area contributed by atoms with Gasteiger partial charge in [0.05, 0.1) is 17.6 Å². The van der Waals surface area contributed by atoms with Gasteiger partial charge in [-0.2, -0.15) is 0 Å². The first-order chi connectivity index (χ1) is 13.1. The molecule has 1 aromatic carbocycles. The Bertz CT molecular complexity index is 789. The summed E-state index contributed by atoms with van der Waals surface area (Å²) >= 11 is 0. The van der Waals surface area contributed by atoms with E-state index in [4.69, 9.17) is 4.74 Å². The Labute approximate surface area is 164 Å². The maximum Gasteiger partial charge on any atom is 0.338 e. The SMILES string of the molecule is CCNS(=O)(=O)c1ccc(C(=O)OCC(=O)N[C@H](CC(C)C)C(=O)OC)cc1. The van der Waals surface area contributed by atoms with Gasteiger partial charge in [-0.05, 0) is 36.6 Å². The van der Waals surface area contributed by atoms with Crippen molar-refractivity contribution in [2.75, 3.05) is 20.3 Å². The zero-order chi connectivity index (χ0) is 21.3. The second kappa shape index (κ2) is 10.8. The molecule has 10 heteroatoms. The highest BCUT2D eigenvalue weighted by molar-refractivity contribution is 7.89. The minimum Gasteiger partial charge on any atom is -0.467 e. The van der Waals surface area contributed by atoms with Crippen molar-refractivity contribution in [3.8, 4) is 0 Å². The molecule has 0 radical (unpaired) electrons. The smallest absolute Gasteiger partial charge is 0.338 e. The molecule has 0 aliphatic heterocycles. The summed E-state index contributed by atoms with van der Waals surface area (Å²) in [6.07, 6.45) is 0.383. The van der Waals surface area contributed by atoms with Crippen molar-refractivity contribution in [1.82, 2.24) is 10.0 Å². The normalized spacial score (nSPS) is 12.3.